The number of aromatic nitrogens is 1. The molecule has 27 heavy (non-hydrogen) atoms. The number of nitrogens with zero attached hydrogens (tertiary/aromatic N) is 1. The highest BCUT2D eigenvalue weighted by Crippen LogP contribution is 2.22. The van der Waals surface area contributed by atoms with Crippen LogP contribution in [0.25, 0.3) is 0 Å². The lowest BCUT2D eigenvalue weighted by molar-refractivity contribution is -0.142. The molecule has 2 aromatic rings. The van der Waals surface area contributed by atoms with Gasteiger partial charge in [0.2, 0.25) is 5.91 Å². The van der Waals surface area contributed by atoms with E-state index < -0.39 is 0 Å². The molecule has 1 aromatic heterocycles. The Hall–Kier alpha value is -2.12. The standard InChI is InChI=1S/C19H25N3O3S.ClH/c1-4-13-8-7-9-14(5-2)18(13)21-16(23)11-22-15(12-26-19(22)20)10-17(24)25-6-3;/h7-9,12,20H,4-6,10-11H2,1-3H3,(H,21,23);1H. The number of rotatable bonds is 8. The predicted octanol–water partition coefficient (Wildman–Crippen LogP) is 3.32. The van der Waals surface area contributed by atoms with Gasteiger partial charge in [-0.3, -0.25) is 15.0 Å². The van der Waals surface area contributed by atoms with Crippen molar-refractivity contribution in [2.75, 3.05) is 11.9 Å². The fourth-order valence-corrected chi connectivity index (χ4v) is 3.54. The maximum Gasteiger partial charge on any atom is 0.311 e. The number of hydrogen-bond acceptors (Lipinski definition) is 5. The average Bonchev–Trinajstić information content (AvgIpc) is 2.95. The molecule has 0 bridgehead atoms. The molecule has 0 aliphatic heterocycles. The molecule has 1 aromatic carbocycles. The lowest BCUT2D eigenvalue weighted by atomic mass is 10.0. The Morgan fingerprint density at radius 3 is 2.37 bits per heavy atom. The molecule has 0 fully saturated rings. The average molecular weight is 412 g/mol. The highest BCUT2D eigenvalue weighted by molar-refractivity contribution is 7.07. The molecule has 0 atom stereocenters. The van der Waals surface area contributed by atoms with Crippen LogP contribution in [0.1, 0.15) is 37.6 Å². The van der Waals surface area contributed by atoms with E-state index in [0.29, 0.717) is 12.3 Å². The molecule has 0 aliphatic carbocycles. The quantitative estimate of drug-likeness (QED) is 0.653. The van der Waals surface area contributed by atoms with Crippen LogP contribution in [0.5, 0.6) is 0 Å². The van der Waals surface area contributed by atoms with Gasteiger partial charge >= 0.3 is 5.97 Å². The summed E-state index contributed by atoms with van der Waals surface area (Å²) in [5, 5.41) is 12.7. The lowest BCUT2D eigenvalue weighted by Gasteiger charge is -2.15. The van der Waals surface area contributed by atoms with Crippen LogP contribution < -0.4 is 10.1 Å². The predicted molar refractivity (Wildman–Crippen MR) is 110 cm³/mol. The van der Waals surface area contributed by atoms with Crippen LogP contribution in [-0.2, 0) is 40.1 Å². The first-order valence-electron chi connectivity index (χ1n) is 8.78. The summed E-state index contributed by atoms with van der Waals surface area (Å²) in [4.78, 5) is 24.6. The number of aryl methyl sites for hydroxylation is 2. The van der Waals surface area contributed by atoms with Gasteiger partial charge < -0.3 is 14.6 Å². The van der Waals surface area contributed by atoms with Gasteiger partial charge in [0, 0.05) is 16.8 Å². The zero-order chi connectivity index (χ0) is 19.1. The number of anilines is 1. The first-order chi connectivity index (χ1) is 12.5. The molecule has 0 radical (unpaired) electrons. The molecule has 2 rings (SSSR count). The van der Waals surface area contributed by atoms with Crippen molar-refractivity contribution in [3.63, 3.8) is 0 Å². The van der Waals surface area contributed by atoms with Gasteiger partial charge in [0.05, 0.1) is 13.0 Å². The molecular formula is C19H26ClN3O3S. The van der Waals surface area contributed by atoms with Crippen LogP contribution in [0, 0.1) is 5.41 Å². The van der Waals surface area contributed by atoms with Gasteiger partial charge in [0.1, 0.15) is 6.54 Å². The zero-order valence-electron chi connectivity index (χ0n) is 15.8. The van der Waals surface area contributed by atoms with Gasteiger partial charge in [0.15, 0.2) is 4.80 Å². The third-order valence-electron chi connectivity index (χ3n) is 4.09. The SMILES string of the molecule is CCOC(=O)Cc1csc(=N)n1CC(=O)Nc1c(CC)cccc1CC.Cl. The summed E-state index contributed by atoms with van der Waals surface area (Å²) in [6, 6.07) is 6.02. The van der Waals surface area contributed by atoms with E-state index in [-0.39, 0.29) is 42.1 Å². The highest BCUT2D eigenvalue weighted by Gasteiger charge is 2.15. The van der Waals surface area contributed by atoms with Gasteiger partial charge in [-0.15, -0.1) is 23.7 Å². The molecule has 148 valence electrons. The summed E-state index contributed by atoms with van der Waals surface area (Å²) in [5.74, 6) is -0.563. The largest absolute Gasteiger partial charge is 0.466 e. The van der Waals surface area contributed by atoms with E-state index in [9.17, 15) is 9.59 Å². The molecule has 1 amide bonds. The zero-order valence-corrected chi connectivity index (χ0v) is 17.5. The van der Waals surface area contributed by atoms with E-state index >= 15 is 0 Å². The molecule has 2 N–H and O–H groups in total. The number of benzene rings is 1. The van der Waals surface area contributed by atoms with Crippen molar-refractivity contribution >= 4 is 41.3 Å². The maximum atomic E-state index is 12.6. The fourth-order valence-electron chi connectivity index (χ4n) is 2.78. The molecule has 0 aliphatic rings. The van der Waals surface area contributed by atoms with E-state index in [1.807, 2.05) is 18.2 Å². The van der Waals surface area contributed by atoms with Crippen LogP contribution in [0.15, 0.2) is 23.6 Å². The molecule has 0 saturated carbocycles. The minimum Gasteiger partial charge on any atom is -0.466 e. The number of hydrogen-bond donors (Lipinski definition) is 2. The van der Waals surface area contributed by atoms with E-state index in [4.69, 9.17) is 10.1 Å². The second kappa shape index (κ2) is 10.9. The summed E-state index contributed by atoms with van der Waals surface area (Å²) in [6.07, 6.45) is 1.71. The number of carbonyl (C=O) groups excluding carboxylic acids is 2. The van der Waals surface area contributed by atoms with E-state index in [1.54, 1.807) is 16.9 Å². The minimum absolute atomic E-state index is 0. The maximum absolute atomic E-state index is 12.6. The third-order valence-corrected chi connectivity index (χ3v) is 4.93. The molecular weight excluding hydrogens is 386 g/mol. The molecule has 0 saturated heterocycles. The third kappa shape index (κ3) is 5.94. The molecule has 0 unspecified atom stereocenters. The van der Waals surface area contributed by atoms with Crippen molar-refractivity contribution in [2.45, 2.75) is 46.6 Å². The summed E-state index contributed by atoms with van der Waals surface area (Å²) in [6.45, 7) is 6.16. The van der Waals surface area contributed by atoms with Crippen LogP contribution in [0.3, 0.4) is 0 Å². The Morgan fingerprint density at radius 1 is 1.19 bits per heavy atom. The number of halogens is 1. The Morgan fingerprint density at radius 2 is 1.81 bits per heavy atom. The van der Waals surface area contributed by atoms with Gasteiger partial charge in [-0.2, -0.15) is 0 Å². The first-order valence-corrected chi connectivity index (χ1v) is 9.66. The number of esters is 1. The minimum atomic E-state index is -0.357. The summed E-state index contributed by atoms with van der Waals surface area (Å²) >= 11 is 1.20. The summed E-state index contributed by atoms with van der Waals surface area (Å²) in [7, 11) is 0. The van der Waals surface area contributed by atoms with Crippen LogP contribution >= 0.6 is 23.7 Å². The van der Waals surface area contributed by atoms with Gasteiger partial charge in [0.25, 0.3) is 0 Å². The highest BCUT2D eigenvalue weighted by atomic mass is 35.5. The van der Waals surface area contributed by atoms with Crippen LogP contribution in [0.2, 0.25) is 0 Å². The van der Waals surface area contributed by atoms with Gasteiger partial charge in [-0.1, -0.05) is 32.0 Å². The van der Waals surface area contributed by atoms with Crippen molar-refractivity contribution in [3.05, 3.63) is 45.2 Å². The molecule has 6 nitrogen and oxygen atoms in total. The molecule has 0 spiro atoms. The van der Waals surface area contributed by atoms with Crippen molar-refractivity contribution < 1.29 is 14.3 Å². The van der Waals surface area contributed by atoms with Crippen LogP contribution in [-0.4, -0.2) is 23.1 Å². The van der Waals surface area contributed by atoms with Crippen molar-refractivity contribution in [2.24, 2.45) is 0 Å². The first kappa shape index (κ1) is 22.9. The van der Waals surface area contributed by atoms with Crippen molar-refractivity contribution in [1.82, 2.24) is 4.57 Å². The Kier molecular flexibility index (Phi) is 9.25. The number of ether oxygens (including phenoxy) is 1. The van der Waals surface area contributed by atoms with Gasteiger partial charge in [-0.05, 0) is 30.9 Å². The van der Waals surface area contributed by atoms with Crippen molar-refractivity contribution in [1.29, 1.82) is 5.41 Å². The summed E-state index contributed by atoms with van der Waals surface area (Å²) in [5.41, 5.74) is 3.65. The number of thiazole rings is 1. The van der Waals surface area contributed by atoms with E-state index in [2.05, 4.69) is 19.2 Å². The van der Waals surface area contributed by atoms with E-state index in [0.717, 1.165) is 29.7 Å². The fraction of sp³-hybridized carbons (Fsp3) is 0.421. The number of carbonyl (C=O) groups is 2. The number of amides is 1. The van der Waals surface area contributed by atoms with Gasteiger partial charge in [-0.25, -0.2) is 0 Å². The monoisotopic (exact) mass is 411 g/mol. The Labute approximate surface area is 169 Å². The lowest BCUT2D eigenvalue weighted by Crippen LogP contribution is -2.27. The summed E-state index contributed by atoms with van der Waals surface area (Å²) < 4.78 is 6.51. The number of nitrogens with one attached hydrogen (secondary N) is 2. The smallest absolute Gasteiger partial charge is 0.311 e. The second-order valence-electron chi connectivity index (χ2n) is 5.81. The Bertz CT molecular complexity index is 823. The Balaban J connectivity index is 0.00000364. The normalized spacial score (nSPS) is 10.2. The number of para-hydroxylation sites is 1. The molecule has 1 heterocycles. The molecule has 8 heteroatoms. The van der Waals surface area contributed by atoms with Crippen molar-refractivity contribution in [3.8, 4) is 0 Å². The van der Waals surface area contributed by atoms with Crippen LogP contribution in [0.4, 0.5) is 5.69 Å². The van der Waals surface area contributed by atoms with E-state index in [1.165, 1.54) is 11.3 Å². The topological polar surface area (TPSA) is 84.2 Å². The second-order valence-corrected chi connectivity index (χ2v) is 6.66.